The molecule has 0 saturated carbocycles. The summed E-state index contributed by atoms with van der Waals surface area (Å²) < 4.78 is 1.13. The van der Waals surface area contributed by atoms with Crippen LogP contribution in [0.1, 0.15) is 19.8 Å². The number of nitrogens with zero attached hydrogens (tertiary/aromatic N) is 1. The van der Waals surface area contributed by atoms with E-state index in [0.717, 1.165) is 27.2 Å². The van der Waals surface area contributed by atoms with E-state index in [2.05, 4.69) is 10.3 Å². The highest BCUT2D eigenvalue weighted by atomic mass is 35.5. The first-order valence-electron chi connectivity index (χ1n) is 7.12. The molecule has 3 aromatic rings. The summed E-state index contributed by atoms with van der Waals surface area (Å²) in [5.74, 6) is 0.00584. The van der Waals surface area contributed by atoms with Gasteiger partial charge < -0.3 is 5.32 Å². The molecule has 112 valence electrons. The monoisotopic (exact) mass is 330 g/mol. The summed E-state index contributed by atoms with van der Waals surface area (Å²) in [6.07, 6.45) is 1.33. The van der Waals surface area contributed by atoms with Gasteiger partial charge in [-0.15, -0.1) is 11.3 Å². The van der Waals surface area contributed by atoms with E-state index in [0.29, 0.717) is 17.1 Å². The van der Waals surface area contributed by atoms with E-state index in [-0.39, 0.29) is 5.91 Å². The Hall–Kier alpha value is -1.91. The average molecular weight is 331 g/mol. The van der Waals surface area contributed by atoms with Crippen LogP contribution in [0.2, 0.25) is 5.02 Å². The minimum atomic E-state index is 0.00584. The second-order valence-corrected chi connectivity index (χ2v) is 6.42. The van der Waals surface area contributed by atoms with Gasteiger partial charge in [-0.1, -0.05) is 30.7 Å². The van der Waals surface area contributed by atoms with Gasteiger partial charge in [-0.3, -0.25) is 4.79 Å². The number of hydrogen-bond donors (Lipinski definition) is 1. The van der Waals surface area contributed by atoms with Crippen LogP contribution < -0.4 is 5.32 Å². The van der Waals surface area contributed by atoms with E-state index in [1.807, 2.05) is 43.3 Å². The Balaban J connectivity index is 1.90. The minimum absolute atomic E-state index is 0.00584. The third-order valence-corrected chi connectivity index (χ3v) is 4.64. The molecule has 0 aliphatic heterocycles. The summed E-state index contributed by atoms with van der Waals surface area (Å²) in [6.45, 7) is 1.97. The van der Waals surface area contributed by atoms with E-state index >= 15 is 0 Å². The van der Waals surface area contributed by atoms with Gasteiger partial charge in [0.15, 0.2) is 0 Å². The van der Waals surface area contributed by atoms with Crippen molar-refractivity contribution in [3.05, 3.63) is 47.5 Å². The molecule has 0 spiro atoms. The standard InChI is InChI=1S/C17H15ClN2OS/c1-2-5-16(21)19-11-8-9-12(13(18)10-11)17-20-14-6-3-4-7-15(14)22-17/h3-4,6-10H,2,5H2,1H3,(H,19,21). The number of para-hydroxylation sites is 1. The Labute approximate surface area is 138 Å². The molecule has 0 unspecified atom stereocenters. The lowest BCUT2D eigenvalue weighted by Crippen LogP contribution is -2.10. The average Bonchev–Trinajstić information content (AvgIpc) is 2.91. The fourth-order valence-electron chi connectivity index (χ4n) is 2.20. The van der Waals surface area contributed by atoms with E-state index in [4.69, 9.17) is 11.6 Å². The number of carbonyl (C=O) groups excluding carboxylic acids is 1. The second-order valence-electron chi connectivity index (χ2n) is 4.98. The first kappa shape index (κ1) is 15.0. The van der Waals surface area contributed by atoms with Crippen molar-refractivity contribution < 1.29 is 4.79 Å². The Kier molecular flexibility index (Phi) is 4.41. The van der Waals surface area contributed by atoms with Gasteiger partial charge in [-0.05, 0) is 36.8 Å². The zero-order valence-corrected chi connectivity index (χ0v) is 13.7. The summed E-state index contributed by atoms with van der Waals surface area (Å²) in [7, 11) is 0. The molecular formula is C17H15ClN2OS. The number of thiazole rings is 1. The van der Waals surface area contributed by atoms with Crippen LogP contribution in [0.4, 0.5) is 5.69 Å². The highest BCUT2D eigenvalue weighted by Gasteiger charge is 2.11. The molecular weight excluding hydrogens is 316 g/mol. The SMILES string of the molecule is CCCC(=O)Nc1ccc(-c2nc3ccccc3s2)c(Cl)c1. The van der Waals surface area contributed by atoms with Crippen LogP contribution in [0, 0.1) is 0 Å². The summed E-state index contributed by atoms with van der Waals surface area (Å²) >= 11 is 7.98. The van der Waals surface area contributed by atoms with Gasteiger partial charge in [0.1, 0.15) is 5.01 Å². The largest absolute Gasteiger partial charge is 0.326 e. The third kappa shape index (κ3) is 3.13. The topological polar surface area (TPSA) is 42.0 Å². The number of carbonyl (C=O) groups is 1. The first-order chi connectivity index (χ1) is 10.7. The molecule has 3 nitrogen and oxygen atoms in total. The smallest absolute Gasteiger partial charge is 0.224 e. The Morgan fingerprint density at radius 1 is 1.27 bits per heavy atom. The van der Waals surface area contributed by atoms with Gasteiger partial charge in [0.05, 0.1) is 15.2 Å². The fraction of sp³-hybridized carbons (Fsp3) is 0.176. The van der Waals surface area contributed by atoms with Crippen molar-refractivity contribution in [3.63, 3.8) is 0 Å². The van der Waals surface area contributed by atoms with Crippen LogP contribution in [-0.4, -0.2) is 10.9 Å². The predicted molar refractivity (Wildman–Crippen MR) is 93.6 cm³/mol. The molecule has 1 aromatic heterocycles. The van der Waals surface area contributed by atoms with E-state index in [9.17, 15) is 4.79 Å². The van der Waals surface area contributed by atoms with Crippen molar-refractivity contribution >= 4 is 44.7 Å². The lowest BCUT2D eigenvalue weighted by Gasteiger charge is -2.07. The van der Waals surface area contributed by atoms with E-state index < -0.39 is 0 Å². The third-order valence-electron chi connectivity index (χ3n) is 3.25. The van der Waals surface area contributed by atoms with Crippen LogP contribution >= 0.6 is 22.9 Å². The highest BCUT2D eigenvalue weighted by Crippen LogP contribution is 2.35. The number of rotatable bonds is 4. The van der Waals surface area contributed by atoms with E-state index in [1.54, 1.807) is 17.4 Å². The van der Waals surface area contributed by atoms with Crippen LogP contribution in [0.15, 0.2) is 42.5 Å². The van der Waals surface area contributed by atoms with Gasteiger partial charge in [0.2, 0.25) is 5.91 Å². The molecule has 1 heterocycles. The Bertz CT molecular complexity index is 795. The van der Waals surface area contributed by atoms with Gasteiger partial charge >= 0.3 is 0 Å². The maximum atomic E-state index is 11.6. The molecule has 0 bridgehead atoms. The predicted octanol–water partition coefficient (Wildman–Crippen LogP) is 5.36. The van der Waals surface area contributed by atoms with Crippen molar-refractivity contribution in [3.8, 4) is 10.6 Å². The summed E-state index contributed by atoms with van der Waals surface area (Å²) in [4.78, 5) is 16.2. The minimum Gasteiger partial charge on any atom is -0.326 e. The van der Waals surface area contributed by atoms with Crippen molar-refractivity contribution in [2.45, 2.75) is 19.8 Å². The first-order valence-corrected chi connectivity index (χ1v) is 8.32. The number of hydrogen-bond acceptors (Lipinski definition) is 3. The van der Waals surface area contributed by atoms with Gasteiger partial charge in [-0.25, -0.2) is 4.98 Å². The van der Waals surface area contributed by atoms with Gasteiger partial charge in [0.25, 0.3) is 0 Å². The fourth-order valence-corrected chi connectivity index (χ4v) is 3.54. The van der Waals surface area contributed by atoms with Crippen molar-refractivity contribution in [2.75, 3.05) is 5.32 Å². The van der Waals surface area contributed by atoms with Gasteiger partial charge in [-0.2, -0.15) is 0 Å². The van der Waals surface area contributed by atoms with Crippen molar-refractivity contribution in [1.82, 2.24) is 4.98 Å². The molecule has 5 heteroatoms. The lowest BCUT2D eigenvalue weighted by atomic mass is 10.2. The van der Waals surface area contributed by atoms with Crippen LogP contribution in [0.5, 0.6) is 0 Å². The number of amides is 1. The molecule has 0 aliphatic carbocycles. The van der Waals surface area contributed by atoms with Crippen LogP contribution in [0.3, 0.4) is 0 Å². The summed E-state index contributed by atoms with van der Waals surface area (Å²) in [6, 6.07) is 13.5. The molecule has 22 heavy (non-hydrogen) atoms. The lowest BCUT2D eigenvalue weighted by molar-refractivity contribution is -0.116. The normalized spacial score (nSPS) is 10.8. The number of benzene rings is 2. The van der Waals surface area contributed by atoms with Gasteiger partial charge in [0, 0.05) is 17.7 Å². The number of aromatic nitrogens is 1. The molecule has 0 atom stereocenters. The highest BCUT2D eigenvalue weighted by molar-refractivity contribution is 7.21. The molecule has 1 amide bonds. The zero-order valence-electron chi connectivity index (χ0n) is 12.1. The molecule has 3 rings (SSSR count). The zero-order chi connectivity index (χ0) is 15.5. The Morgan fingerprint density at radius 2 is 2.09 bits per heavy atom. The van der Waals surface area contributed by atoms with Crippen molar-refractivity contribution in [2.24, 2.45) is 0 Å². The molecule has 1 N–H and O–H groups in total. The Morgan fingerprint density at radius 3 is 2.82 bits per heavy atom. The van der Waals surface area contributed by atoms with Crippen molar-refractivity contribution in [1.29, 1.82) is 0 Å². The second kappa shape index (κ2) is 6.46. The number of fused-ring (bicyclic) bond motifs is 1. The molecule has 0 fully saturated rings. The molecule has 0 radical (unpaired) electrons. The molecule has 0 aliphatic rings. The summed E-state index contributed by atoms with van der Waals surface area (Å²) in [5, 5.41) is 4.33. The number of nitrogens with one attached hydrogen (secondary N) is 1. The van der Waals surface area contributed by atoms with Crippen LogP contribution in [0.25, 0.3) is 20.8 Å². The maximum absolute atomic E-state index is 11.6. The molecule has 2 aromatic carbocycles. The van der Waals surface area contributed by atoms with Crippen LogP contribution in [-0.2, 0) is 4.79 Å². The number of halogens is 1. The molecule has 0 saturated heterocycles. The quantitative estimate of drug-likeness (QED) is 0.700. The van der Waals surface area contributed by atoms with E-state index in [1.165, 1.54) is 0 Å². The summed E-state index contributed by atoms with van der Waals surface area (Å²) in [5.41, 5.74) is 2.57. The number of anilines is 1. The maximum Gasteiger partial charge on any atom is 0.224 e.